The molecule has 1 fully saturated rings. The molecule has 1 aromatic rings. The first kappa shape index (κ1) is 15.9. The highest BCUT2D eigenvalue weighted by Crippen LogP contribution is 2.24. The van der Waals surface area contributed by atoms with Gasteiger partial charge in [-0.05, 0) is 44.3 Å². The van der Waals surface area contributed by atoms with Crippen molar-refractivity contribution in [1.82, 2.24) is 10.3 Å². The average Bonchev–Trinajstić information content (AvgIpc) is 2.53. The summed E-state index contributed by atoms with van der Waals surface area (Å²) in [6.07, 6.45) is 1.71. The highest BCUT2D eigenvalue weighted by atomic mass is 16.3. The van der Waals surface area contributed by atoms with Gasteiger partial charge in [-0.25, -0.2) is 5.84 Å². The zero-order valence-corrected chi connectivity index (χ0v) is 12.5. The van der Waals surface area contributed by atoms with Gasteiger partial charge < -0.3 is 10.0 Å². The fraction of sp³-hybridized carbons (Fsp3) is 0.562. The van der Waals surface area contributed by atoms with Crippen LogP contribution >= 0.6 is 0 Å². The number of benzene rings is 1. The van der Waals surface area contributed by atoms with Crippen molar-refractivity contribution in [2.45, 2.75) is 31.8 Å². The van der Waals surface area contributed by atoms with E-state index in [1.165, 1.54) is 0 Å². The normalized spacial score (nSPS) is 20.0. The summed E-state index contributed by atoms with van der Waals surface area (Å²) in [5, 5.41) is 9.65. The van der Waals surface area contributed by atoms with Crippen molar-refractivity contribution in [1.29, 1.82) is 0 Å². The van der Waals surface area contributed by atoms with Crippen LogP contribution in [0.1, 0.15) is 31.2 Å². The van der Waals surface area contributed by atoms with Gasteiger partial charge in [-0.2, -0.15) is 0 Å². The van der Waals surface area contributed by atoms with Gasteiger partial charge in [0.2, 0.25) is 5.91 Å². The topological polar surface area (TPSA) is 78.6 Å². The molecule has 2 rings (SSSR count). The molecule has 0 aromatic heterocycles. The molecular weight excluding hydrogens is 266 g/mol. The number of amides is 1. The summed E-state index contributed by atoms with van der Waals surface area (Å²) in [6, 6.07) is 9.73. The van der Waals surface area contributed by atoms with Crippen molar-refractivity contribution in [3.8, 4) is 0 Å². The summed E-state index contributed by atoms with van der Waals surface area (Å²) in [5.74, 6) is 5.30. The minimum Gasteiger partial charge on any atom is -0.393 e. The average molecular weight is 291 g/mol. The van der Waals surface area contributed by atoms with E-state index in [2.05, 4.69) is 10.3 Å². The van der Waals surface area contributed by atoms with E-state index < -0.39 is 0 Å². The van der Waals surface area contributed by atoms with Crippen molar-refractivity contribution in [3.63, 3.8) is 0 Å². The highest BCUT2D eigenvalue weighted by molar-refractivity contribution is 5.83. The molecule has 1 heterocycles. The quantitative estimate of drug-likeness (QED) is 0.427. The van der Waals surface area contributed by atoms with E-state index in [-0.39, 0.29) is 17.9 Å². The van der Waals surface area contributed by atoms with Crippen LogP contribution in [0.25, 0.3) is 0 Å². The van der Waals surface area contributed by atoms with E-state index in [1.54, 1.807) is 0 Å². The number of hydrogen-bond acceptors (Lipinski definition) is 4. The van der Waals surface area contributed by atoms with E-state index in [1.807, 2.05) is 37.3 Å². The molecule has 1 aliphatic heterocycles. The van der Waals surface area contributed by atoms with Crippen LogP contribution in [0.4, 0.5) is 0 Å². The third kappa shape index (κ3) is 4.27. The Balaban J connectivity index is 1.99. The zero-order chi connectivity index (χ0) is 15.2. The summed E-state index contributed by atoms with van der Waals surface area (Å²) in [4.78, 5) is 14.3. The van der Waals surface area contributed by atoms with Crippen molar-refractivity contribution < 1.29 is 9.90 Å². The second kappa shape index (κ2) is 7.54. The molecule has 1 aromatic carbocycles. The molecule has 0 spiro atoms. The maximum atomic E-state index is 12.1. The molecule has 2 atom stereocenters. The third-order valence-corrected chi connectivity index (χ3v) is 4.42. The first-order valence-corrected chi connectivity index (χ1v) is 7.57. The number of nitrogens with two attached hydrogens (primary N) is 1. The Morgan fingerprint density at radius 1 is 1.38 bits per heavy atom. The number of hydrazine groups is 1. The lowest BCUT2D eigenvalue weighted by Crippen LogP contribution is -2.43. The molecule has 5 heteroatoms. The van der Waals surface area contributed by atoms with Gasteiger partial charge in [0.05, 0.1) is 12.0 Å². The Morgan fingerprint density at radius 2 is 2.00 bits per heavy atom. The molecule has 0 radical (unpaired) electrons. The summed E-state index contributed by atoms with van der Waals surface area (Å²) in [5.41, 5.74) is 3.26. The molecule has 21 heavy (non-hydrogen) atoms. The van der Waals surface area contributed by atoms with Crippen LogP contribution in [-0.2, 0) is 4.79 Å². The Morgan fingerprint density at radius 3 is 2.52 bits per heavy atom. The fourth-order valence-electron chi connectivity index (χ4n) is 3.00. The Bertz CT molecular complexity index is 442. The second-order valence-corrected chi connectivity index (χ2v) is 5.85. The standard InChI is InChI=1S/C16H25N3O2/c1-12(20)13-7-9-19(10-8-13)11-15(16(21)18-17)14-5-3-2-4-6-14/h2-6,12-13,15,20H,7-11,17H2,1H3,(H,18,21). The number of hydrogen-bond donors (Lipinski definition) is 3. The van der Waals surface area contributed by atoms with Gasteiger partial charge in [-0.3, -0.25) is 10.2 Å². The van der Waals surface area contributed by atoms with Gasteiger partial charge in [0.1, 0.15) is 0 Å². The maximum Gasteiger partial charge on any atom is 0.242 e. The lowest BCUT2D eigenvalue weighted by atomic mass is 9.90. The largest absolute Gasteiger partial charge is 0.393 e. The van der Waals surface area contributed by atoms with E-state index in [4.69, 9.17) is 5.84 Å². The first-order chi connectivity index (χ1) is 10.1. The molecule has 116 valence electrons. The SMILES string of the molecule is CC(O)C1CCN(CC(C(=O)NN)c2ccccc2)CC1. The molecule has 4 N–H and O–H groups in total. The van der Waals surface area contributed by atoms with Crippen LogP contribution in [0.15, 0.2) is 30.3 Å². The van der Waals surface area contributed by atoms with Gasteiger partial charge in [-0.15, -0.1) is 0 Å². The predicted molar refractivity (Wildman–Crippen MR) is 82.4 cm³/mol. The molecule has 5 nitrogen and oxygen atoms in total. The van der Waals surface area contributed by atoms with E-state index >= 15 is 0 Å². The lowest BCUT2D eigenvalue weighted by molar-refractivity contribution is -0.123. The van der Waals surface area contributed by atoms with E-state index in [0.717, 1.165) is 31.5 Å². The van der Waals surface area contributed by atoms with Crippen LogP contribution in [0.2, 0.25) is 0 Å². The summed E-state index contributed by atoms with van der Waals surface area (Å²) >= 11 is 0. The summed E-state index contributed by atoms with van der Waals surface area (Å²) in [6.45, 7) is 4.35. The van der Waals surface area contributed by atoms with Crippen molar-refractivity contribution in [2.24, 2.45) is 11.8 Å². The van der Waals surface area contributed by atoms with Gasteiger partial charge in [0, 0.05) is 6.54 Å². The summed E-state index contributed by atoms with van der Waals surface area (Å²) in [7, 11) is 0. The number of carbonyl (C=O) groups excluding carboxylic acids is 1. The van der Waals surface area contributed by atoms with Crippen molar-refractivity contribution in [3.05, 3.63) is 35.9 Å². The monoisotopic (exact) mass is 291 g/mol. The molecule has 1 saturated heterocycles. The molecule has 0 bridgehead atoms. The second-order valence-electron chi connectivity index (χ2n) is 5.85. The minimum absolute atomic E-state index is 0.154. The van der Waals surface area contributed by atoms with Crippen LogP contribution < -0.4 is 11.3 Å². The zero-order valence-electron chi connectivity index (χ0n) is 12.5. The maximum absolute atomic E-state index is 12.1. The van der Waals surface area contributed by atoms with Crippen LogP contribution in [0, 0.1) is 5.92 Å². The summed E-state index contributed by atoms with van der Waals surface area (Å²) < 4.78 is 0. The molecule has 2 unspecified atom stereocenters. The Hall–Kier alpha value is -1.43. The van der Waals surface area contributed by atoms with Crippen molar-refractivity contribution in [2.75, 3.05) is 19.6 Å². The third-order valence-electron chi connectivity index (χ3n) is 4.42. The van der Waals surface area contributed by atoms with Crippen LogP contribution in [0.3, 0.4) is 0 Å². The van der Waals surface area contributed by atoms with Gasteiger partial charge in [0.25, 0.3) is 0 Å². The predicted octanol–water partition coefficient (Wildman–Crippen LogP) is 0.853. The number of carbonyl (C=O) groups is 1. The molecule has 0 aliphatic carbocycles. The van der Waals surface area contributed by atoms with Crippen LogP contribution in [-0.4, -0.2) is 41.7 Å². The number of aliphatic hydroxyl groups excluding tert-OH is 1. The number of nitrogens with zero attached hydrogens (tertiary/aromatic N) is 1. The van der Waals surface area contributed by atoms with Gasteiger partial charge in [0.15, 0.2) is 0 Å². The smallest absolute Gasteiger partial charge is 0.242 e. The number of likely N-dealkylation sites (tertiary alicyclic amines) is 1. The number of piperidine rings is 1. The highest BCUT2D eigenvalue weighted by Gasteiger charge is 2.27. The number of nitrogens with one attached hydrogen (secondary N) is 1. The van der Waals surface area contributed by atoms with Gasteiger partial charge in [-0.1, -0.05) is 30.3 Å². The minimum atomic E-state index is -0.251. The number of aliphatic hydroxyl groups is 1. The Labute approximate surface area is 126 Å². The molecule has 1 aliphatic rings. The molecular formula is C16H25N3O2. The lowest BCUT2D eigenvalue weighted by Gasteiger charge is -2.35. The van der Waals surface area contributed by atoms with E-state index in [9.17, 15) is 9.90 Å². The fourth-order valence-corrected chi connectivity index (χ4v) is 3.00. The van der Waals surface area contributed by atoms with Crippen LogP contribution in [0.5, 0.6) is 0 Å². The van der Waals surface area contributed by atoms with Gasteiger partial charge >= 0.3 is 0 Å². The Kier molecular flexibility index (Phi) is 5.73. The van der Waals surface area contributed by atoms with Crippen molar-refractivity contribution >= 4 is 5.91 Å². The first-order valence-electron chi connectivity index (χ1n) is 7.57. The molecule has 1 amide bonds. The molecule has 0 saturated carbocycles. The number of rotatable bonds is 5. The van der Waals surface area contributed by atoms with E-state index in [0.29, 0.717) is 12.5 Å².